The van der Waals surface area contributed by atoms with Gasteiger partial charge >= 0.3 is 0 Å². The number of carbonyl (C=O) groups excluding carboxylic acids is 1. The summed E-state index contributed by atoms with van der Waals surface area (Å²) in [6.07, 6.45) is 3.29. The highest BCUT2D eigenvalue weighted by Crippen LogP contribution is 2.28. The van der Waals surface area contributed by atoms with Crippen molar-refractivity contribution in [2.75, 3.05) is 43.1 Å². The zero-order valence-corrected chi connectivity index (χ0v) is 19.1. The fourth-order valence-electron chi connectivity index (χ4n) is 4.42. The number of fused-ring (bicyclic) bond motifs is 1. The number of nitrogens with zero attached hydrogens (tertiary/aromatic N) is 4. The van der Waals surface area contributed by atoms with E-state index in [4.69, 9.17) is 9.97 Å². The van der Waals surface area contributed by atoms with Gasteiger partial charge in [0, 0.05) is 37.5 Å². The van der Waals surface area contributed by atoms with Gasteiger partial charge in [0.15, 0.2) is 15.7 Å². The average Bonchev–Trinajstić information content (AvgIpc) is 3.40. The maximum Gasteiger partial charge on any atom is 0.221 e. The number of hydrogen-bond donors (Lipinski definition) is 1. The molecule has 0 spiro atoms. The summed E-state index contributed by atoms with van der Waals surface area (Å²) in [7, 11) is -1.04. The lowest BCUT2D eigenvalue weighted by Gasteiger charge is -2.22. The molecule has 1 aromatic heterocycles. The first-order chi connectivity index (χ1) is 14.8. The van der Waals surface area contributed by atoms with Gasteiger partial charge in [0.05, 0.1) is 23.6 Å². The van der Waals surface area contributed by atoms with Crippen LogP contribution in [0.3, 0.4) is 0 Å². The van der Waals surface area contributed by atoms with Crippen LogP contribution in [0.5, 0.6) is 0 Å². The standard InChI is InChI=1S/C22H31N5O3S/c1-16-6-5-7-18-21(16)24-19(25-22(18)27-10-3-4-11-27)14-23-20(28)8-12-26(2)17-9-13-31(29,30)15-17/h5-7,17H,3-4,8-15H2,1-2H3,(H,23,28). The van der Waals surface area contributed by atoms with Crippen molar-refractivity contribution >= 4 is 32.5 Å². The molecular formula is C22H31N5O3S. The normalized spacial score (nSPS) is 20.6. The second kappa shape index (κ2) is 9.08. The molecule has 1 unspecified atom stereocenters. The number of anilines is 1. The SMILES string of the molecule is Cc1cccc2c(N3CCCC3)nc(CNC(=O)CCN(C)C3CCS(=O)(=O)C3)nc12. The smallest absolute Gasteiger partial charge is 0.221 e. The first kappa shape index (κ1) is 22.0. The van der Waals surface area contributed by atoms with Gasteiger partial charge in [-0.05, 0) is 44.9 Å². The Labute approximate surface area is 184 Å². The van der Waals surface area contributed by atoms with E-state index in [-0.39, 0.29) is 30.0 Å². The van der Waals surface area contributed by atoms with Crippen LogP contribution in [-0.4, -0.2) is 73.4 Å². The molecule has 2 saturated heterocycles. The topological polar surface area (TPSA) is 95.5 Å². The molecule has 3 heterocycles. The molecule has 2 aliphatic heterocycles. The first-order valence-electron chi connectivity index (χ1n) is 11.0. The molecule has 0 bridgehead atoms. The maximum atomic E-state index is 12.4. The summed E-state index contributed by atoms with van der Waals surface area (Å²) in [5.41, 5.74) is 2.03. The zero-order chi connectivity index (χ0) is 22.0. The molecule has 168 valence electrons. The van der Waals surface area contributed by atoms with Crippen molar-refractivity contribution in [1.82, 2.24) is 20.2 Å². The summed E-state index contributed by atoms with van der Waals surface area (Å²) >= 11 is 0. The van der Waals surface area contributed by atoms with Gasteiger partial charge in [-0.1, -0.05) is 12.1 Å². The second-order valence-electron chi connectivity index (χ2n) is 8.69. The van der Waals surface area contributed by atoms with Crippen LogP contribution in [0.4, 0.5) is 5.82 Å². The van der Waals surface area contributed by atoms with Crippen molar-refractivity contribution in [3.8, 4) is 0 Å². The molecule has 1 amide bonds. The second-order valence-corrected chi connectivity index (χ2v) is 10.9. The van der Waals surface area contributed by atoms with Gasteiger partial charge in [-0.3, -0.25) is 4.79 Å². The van der Waals surface area contributed by atoms with Gasteiger partial charge in [-0.2, -0.15) is 0 Å². The summed E-state index contributed by atoms with van der Waals surface area (Å²) < 4.78 is 23.3. The van der Waals surface area contributed by atoms with Crippen molar-refractivity contribution in [3.05, 3.63) is 29.6 Å². The number of aryl methyl sites for hydroxylation is 1. The van der Waals surface area contributed by atoms with Crippen molar-refractivity contribution in [3.63, 3.8) is 0 Å². The molecule has 2 aliphatic rings. The summed E-state index contributed by atoms with van der Waals surface area (Å²) in [6, 6.07) is 6.16. The van der Waals surface area contributed by atoms with Gasteiger partial charge in [0.2, 0.25) is 5.91 Å². The van der Waals surface area contributed by atoms with E-state index in [0.717, 1.165) is 35.4 Å². The van der Waals surface area contributed by atoms with Gasteiger partial charge in [0.1, 0.15) is 5.82 Å². The van der Waals surface area contributed by atoms with Gasteiger partial charge in [-0.15, -0.1) is 0 Å². The number of benzene rings is 1. The predicted octanol–water partition coefficient (Wildman–Crippen LogP) is 1.66. The number of hydrogen-bond acceptors (Lipinski definition) is 7. The van der Waals surface area contributed by atoms with E-state index in [1.54, 1.807) is 0 Å². The van der Waals surface area contributed by atoms with Crippen molar-refractivity contribution < 1.29 is 13.2 Å². The highest BCUT2D eigenvalue weighted by Gasteiger charge is 2.30. The molecule has 1 N–H and O–H groups in total. The zero-order valence-electron chi connectivity index (χ0n) is 18.3. The number of carbonyl (C=O) groups is 1. The third kappa shape index (κ3) is 5.15. The maximum absolute atomic E-state index is 12.4. The Morgan fingerprint density at radius 3 is 2.74 bits per heavy atom. The Hall–Kier alpha value is -2.26. The first-order valence-corrected chi connectivity index (χ1v) is 12.8. The number of amides is 1. The summed E-state index contributed by atoms with van der Waals surface area (Å²) in [4.78, 5) is 26.2. The number of sulfone groups is 1. The van der Waals surface area contributed by atoms with E-state index in [1.807, 2.05) is 31.0 Å². The summed E-state index contributed by atoms with van der Waals surface area (Å²) in [5.74, 6) is 1.93. The van der Waals surface area contributed by atoms with Crippen LogP contribution < -0.4 is 10.2 Å². The number of para-hydroxylation sites is 1. The minimum absolute atomic E-state index is 0.00705. The van der Waals surface area contributed by atoms with E-state index in [2.05, 4.69) is 16.3 Å². The van der Waals surface area contributed by atoms with Gasteiger partial charge in [0.25, 0.3) is 0 Å². The molecule has 2 aromatic rings. The third-order valence-electron chi connectivity index (χ3n) is 6.33. The van der Waals surface area contributed by atoms with Crippen molar-refractivity contribution in [1.29, 1.82) is 0 Å². The summed E-state index contributed by atoms with van der Waals surface area (Å²) in [6.45, 7) is 4.85. The summed E-state index contributed by atoms with van der Waals surface area (Å²) in [5, 5.41) is 4.00. The monoisotopic (exact) mass is 445 g/mol. The van der Waals surface area contributed by atoms with E-state index in [9.17, 15) is 13.2 Å². The molecule has 4 rings (SSSR count). The molecule has 0 aliphatic carbocycles. The quantitative estimate of drug-likeness (QED) is 0.692. The predicted molar refractivity (Wildman–Crippen MR) is 122 cm³/mol. The van der Waals surface area contributed by atoms with Crippen LogP contribution in [0, 0.1) is 6.92 Å². The van der Waals surface area contributed by atoms with Crippen LogP contribution in [0.15, 0.2) is 18.2 Å². The molecule has 31 heavy (non-hydrogen) atoms. The lowest BCUT2D eigenvalue weighted by atomic mass is 10.1. The molecule has 8 nitrogen and oxygen atoms in total. The highest BCUT2D eigenvalue weighted by atomic mass is 32.2. The van der Waals surface area contributed by atoms with E-state index < -0.39 is 9.84 Å². The molecule has 9 heteroatoms. The Morgan fingerprint density at radius 1 is 1.26 bits per heavy atom. The minimum atomic E-state index is -2.92. The lowest BCUT2D eigenvalue weighted by molar-refractivity contribution is -0.121. The van der Waals surface area contributed by atoms with Crippen LogP contribution in [0.25, 0.3) is 10.9 Å². The van der Waals surface area contributed by atoms with E-state index >= 15 is 0 Å². The average molecular weight is 446 g/mol. The lowest BCUT2D eigenvalue weighted by Crippen LogP contribution is -2.36. The fraction of sp³-hybridized carbons (Fsp3) is 0.591. The Morgan fingerprint density at radius 2 is 2.03 bits per heavy atom. The molecule has 0 radical (unpaired) electrons. The highest BCUT2D eigenvalue weighted by molar-refractivity contribution is 7.91. The molecule has 2 fully saturated rings. The fourth-order valence-corrected chi connectivity index (χ4v) is 6.23. The molecular weight excluding hydrogens is 414 g/mol. The van der Waals surface area contributed by atoms with Crippen molar-refractivity contribution in [2.45, 2.75) is 45.2 Å². The van der Waals surface area contributed by atoms with Gasteiger partial charge < -0.3 is 15.1 Å². The largest absolute Gasteiger partial charge is 0.356 e. The molecule has 1 aromatic carbocycles. The van der Waals surface area contributed by atoms with Crippen LogP contribution in [-0.2, 0) is 21.2 Å². The third-order valence-corrected chi connectivity index (χ3v) is 8.08. The minimum Gasteiger partial charge on any atom is -0.356 e. The Bertz CT molecular complexity index is 1070. The Kier molecular flexibility index (Phi) is 6.43. The van der Waals surface area contributed by atoms with E-state index in [0.29, 0.717) is 25.2 Å². The molecule has 1 atom stereocenters. The molecule has 0 saturated carbocycles. The Balaban J connectivity index is 1.39. The van der Waals surface area contributed by atoms with Crippen LogP contribution >= 0.6 is 0 Å². The van der Waals surface area contributed by atoms with Crippen LogP contribution in [0.1, 0.15) is 37.1 Å². The van der Waals surface area contributed by atoms with Crippen molar-refractivity contribution in [2.24, 2.45) is 0 Å². The van der Waals surface area contributed by atoms with Crippen LogP contribution in [0.2, 0.25) is 0 Å². The number of rotatable bonds is 7. The van der Waals surface area contributed by atoms with Gasteiger partial charge in [-0.25, -0.2) is 18.4 Å². The van der Waals surface area contributed by atoms with E-state index in [1.165, 1.54) is 12.8 Å². The number of aromatic nitrogens is 2. The number of nitrogens with one attached hydrogen (secondary N) is 1.